The van der Waals surface area contributed by atoms with Gasteiger partial charge in [0.05, 0.1) is 17.1 Å². The van der Waals surface area contributed by atoms with Crippen molar-refractivity contribution in [3.8, 4) is 0 Å². The van der Waals surface area contributed by atoms with Crippen LogP contribution >= 0.6 is 0 Å². The minimum absolute atomic E-state index is 0.118. The first-order valence-corrected chi connectivity index (χ1v) is 6.99. The molecule has 0 radical (unpaired) electrons. The first kappa shape index (κ1) is 17.0. The number of carbonyl (C=O) groups is 2. The molecule has 0 saturated carbocycles. The van der Waals surface area contributed by atoms with Crippen molar-refractivity contribution in [2.24, 2.45) is 5.41 Å². The lowest BCUT2D eigenvalue weighted by Crippen LogP contribution is -2.32. The number of H-pyrrole nitrogens is 1. The van der Waals surface area contributed by atoms with Crippen molar-refractivity contribution in [3.63, 3.8) is 0 Å². The van der Waals surface area contributed by atoms with Crippen LogP contribution in [0.4, 0.5) is 10.5 Å². The summed E-state index contributed by atoms with van der Waals surface area (Å²) in [7, 11) is 0. The fourth-order valence-corrected chi connectivity index (χ4v) is 1.98. The van der Waals surface area contributed by atoms with Crippen molar-refractivity contribution in [2.45, 2.75) is 47.0 Å². The number of rotatable bonds is 7. The minimum Gasteiger partial charge on any atom is -0.481 e. The highest BCUT2D eigenvalue weighted by Gasteiger charge is 2.19. The Morgan fingerprint density at radius 2 is 1.95 bits per heavy atom. The Labute approximate surface area is 124 Å². The lowest BCUT2D eigenvalue weighted by Gasteiger charge is -2.23. The minimum atomic E-state index is -0.792. The van der Waals surface area contributed by atoms with E-state index in [1.165, 1.54) is 0 Å². The van der Waals surface area contributed by atoms with E-state index in [0.717, 1.165) is 17.8 Å². The van der Waals surface area contributed by atoms with E-state index in [1.807, 2.05) is 27.7 Å². The van der Waals surface area contributed by atoms with Crippen LogP contribution < -0.4 is 10.6 Å². The number of amides is 2. The normalized spacial score (nSPS) is 11.2. The first-order chi connectivity index (χ1) is 9.71. The number of aromatic amines is 1. The van der Waals surface area contributed by atoms with Crippen LogP contribution in [0, 0.1) is 19.3 Å². The summed E-state index contributed by atoms with van der Waals surface area (Å²) in [5, 5.41) is 21.0. The summed E-state index contributed by atoms with van der Waals surface area (Å²) >= 11 is 0. The quantitative estimate of drug-likeness (QED) is 0.619. The molecule has 7 nitrogen and oxygen atoms in total. The fourth-order valence-electron chi connectivity index (χ4n) is 1.98. The van der Waals surface area contributed by atoms with Gasteiger partial charge in [-0.05, 0) is 32.1 Å². The van der Waals surface area contributed by atoms with Gasteiger partial charge in [-0.15, -0.1) is 0 Å². The van der Waals surface area contributed by atoms with E-state index in [0.29, 0.717) is 18.7 Å². The number of aliphatic carboxylic acids is 1. The van der Waals surface area contributed by atoms with Gasteiger partial charge in [0.1, 0.15) is 0 Å². The van der Waals surface area contributed by atoms with Crippen LogP contribution in [0.1, 0.15) is 44.5 Å². The third kappa shape index (κ3) is 5.85. The number of aryl methyl sites for hydroxylation is 2. The molecule has 0 fully saturated rings. The molecule has 21 heavy (non-hydrogen) atoms. The number of hydrogen-bond donors (Lipinski definition) is 4. The Bertz CT molecular complexity index is 489. The lowest BCUT2D eigenvalue weighted by molar-refractivity contribution is -0.137. The first-order valence-electron chi connectivity index (χ1n) is 6.99. The molecule has 0 aliphatic rings. The predicted molar refractivity (Wildman–Crippen MR) is 80.4 cm³/mol. The van der Waals surface area contributed by atoms with Gasteiger partial charge in [0, 0.05) is 13.0 Å². The van der Waals surface area contributed by atoms with Crippen molar-refractivity contribution >= 4 is 17.7 Å². The van der Waals surface area contributed by atoms with Crippen LogP contribution in [0.15, 0.2) is 0 Å². The summed E-state index contributed by atoms with van der Waals surface area (Å²) in [4.78, 5) is 22.4. The van der Waals surface area contributed by atoms with Crippen LogP contribution in [0.25, 0.3) is 0 Å². The highest BCUT2D eigenvalue weighted by atomic mass is 16.4. The molecule has 0 aliphatic heterocycles. The van der Waals surface area contributed by atoms with E-state index in [2.05, 4.69) is 20.8 Å². The second-order valence-electron chi connectivity index (χ2n) is 6.00. The summed E-state index contributed by atoms with van der Waals surface area (Å²) in [6, 6.07) is -0.281. The molecule has 1 aromatic rings. The maximum atomic E-state index is 11.8. The summed E-state index contributed by atoms with van der Waals surface area (Å²) in [5.74, 6) is -0.792. The van der Waals surface area contributed by atoms with Crippen molar-refractivity contribution in [3.05, 3.63) is 11.4 Å². The summed E-state index contributed by atoms with van der Waals surface area (Å²) in [6.45, 7) is 8.15. The number of aromatic nitrogens is 2. The van der Waals surface area contributed by atoms with E-state index >= 15 is 0 Å². The van der Waals surface area contributed by atoms with Crippen molar-refractivity contribution in [2.75, 3.05) is 11.9 Å². The number of carbonyl (C=O) groups excluding carboxylic acids is 1. The van der Waals surface area contributed by atoms with E-state index < -0.39 is 5.97 Å². The maximum Gasteiger partial charge on any atom is 0.319 e. The van der Waals surface area contributed by atoms with Crippen molar-refractivity contribution in [1.82, 2.24) is 15.5 Å². The second-order valence-corrected chi connectivity index (χ2v) is 6.00. The topological polar surface area (TPSA) is 107 Å². The molecule has 0 aromatic carbocycles. The van der Waals surface area contributed by atoms with Gasteiger partial charge in [0.25, 0.3) is 0 Å². The van der Waals surface area contributed by atoms with Crippen LogP contribution in [-0.4, -0.2) is 33.8 Å². The van der Waals surface area contributed by atoms with Crippen LogP contribution in [0.3, 0.4) is 0 Å². The molecule has 0 aliphatic carbocycles. The Balaban J connectivity index is 2.35. The Morgan fingerprint density at radius 3 is 2.48 bits per heavy atom. The van der Waals surface area contributed by atoms with Gasteiger partial charge in [-0.2, -0.15) is 5.10 Å². The van der Waals surface area contributed by atoms with Crippen LogP contribution in [0.2, 0.25) is 0 Å². The molecule has 1 rings (SSSR count). The second kappa shape index (κ2) is 7.10. The summed E-state index contributed by atoms with van der Waals surface area (Å²) in [5.41, 5.74) is 2.12. The SMILES string of the molecule is Cc1n[nH]c(C)c1NC(=O)NCCC(C)(C)CCC(=O)O. The van der Waals surface area contributed by atoms with Gasteiger partial charge in [-0.25, -0.2) is 4.79 Å². The number of carboxylic acid groups (broad SMARTS) is 1. The largest absolute Gasteiger partial charge is 0.481 e. The Morgan fingerprint density at radius 1 is 1.29 bits per heavy atom. The monoisotopic (exact) mass is 296 g/mol. The van der Waals surface area contributed by atoms with E-state index in [4.69, 9.17) is 5.11 Å². The van der Waals surface area contributed by atoms with Gasteiger partial charge in [-0.1, -0.05) is 13.8 Å². The molecule has 0 bridgehead atoms. The number of carboxylic acids is 1. The zero-order valence-electron chi connectivity index (χ0n) is 13.0. The maximum absolute atomic E-state index is 11.8. The lowest BCUT2D eigenvalue weighted by atomic mass is 9.84. The fraction of sp³-hybridized carbons (Fsp3) is 0.643. The predicted octanol–water partition coefficient (Wildman–Crippen LogP) is 2.43. The van der Waals surface area contributed by atoms with Crippen LogP contribution in [0.5, 0.6) is 0 Å². The van der Waals surface area contributed by atoms with Gasteiger partial charge in [-0.3, -0.25) is 9.89 Å². The van der Waals surface area contributed by atoms with Crippen LogP contribution in [-0.2, 0) is 4.79 Å². The highest BCUT2D eigenvalue weighted by Crippen LogP contribution is 2.26. The molecule has 0 atom stereocenters. The van der Waals surface area contributed by atoms with Gasteiger partial charge < -0.3 is 15.7 Å². The Kier molecular flexibility index (Phi) is 5.75. The zero-order chi connectivity index (χ0) is 16.0. The third-order valence-corrected chi connectivity index (χ3v) is 3.47. The van der Waals surface area contributed by atoms with Crippen molar-refractivity contribution < 1.29 is 14.7 Å². The molecule has 1 aromatic heterocycles. The molecular weight excluding hydrogens is 272 g/mol. The third-order valence-electron chi connectivity index (χ3n) is 3.47. The molecule has 1 heterocycles. The average molecular weight is 296 g/mol. The number of nitrogens with one attached hydrogen (secondary N) is 3. The average Bonchev–Trinajstić information content (AvgIpc) is 2.68. The summed E-state index contributed by atoms with van der Waals surface area (Å²) < 4.78 is 0. The van der Waals surface area contributed by atoms with Gasteiger partial charge in [0.2, 0.25) is 0 Å². The van der Waals surface area contributed by atoms with E-state index in [9.17, 15) is 9.59 Å². The zero-order valence-corrected chi connectivity index (χ0v) is 13.0. The van der Waals surface area contributed by atoms with E-state index in [-0.39, 0.29) is 17.9 Å². The molecule has 7 heteroatoms. The number of anilines is 1. The molecule has 2 amide bonds. The molecular formula is C14H24N4O3. The standard InChI is InChI=1S/C14H24N4O3/c1-9-12(10(2)18-17-9)16-13(21)15-8-7-14(3,4)6-5-11(19)20/h5-8H2,1-4H3,(H,17,18)(H,19,20)(H2,15,16,21). The number of hydrogen-bond acceptors (Lipinski definition) is 3. The molecule has 0 spiro atoms. The Hall–Kier alpha value is -2.05. The van der Waals surface area contributed by atoms with Gasteiger partial charge in [0.15, 0.2) is 0 Å². The molecule has 4 N–H and O–H groups in total. The molecule has 0 unspecified atom stereocenters. The number of urea groups is 1. The van der Waals surface area contributed by atoms with Crippen molar-refractivity contribution in [1.29, 1.82) is 0 Å². The highest BCUT2D eigenvalue weighted by molar-refractivity contribution is 5.90. The number of nitrogens with zero attached hydrogens (tertiary/aromatic N) is 1. The molecule has 118 valence electrons. The summed E-state index contributed by atoms with van der Waals surface area (Å²) in [6.07, 6.45) is 1.45. The van der Waals surface area contributed by atoms with Gasteiger partial charge >= 0.3 is 12.0 Å². The van der Waals surface area contributed by atoms with E-state index in [1.54, 1.807) is 0 Å². The smallest absolute Gasteiger partial charge is 0.319 e. The molecule has 0 saturated heterocycles.